The minimum absolute atomic E-state index is 0. The van der Waals surface area contributed by atoms with Crippen LogP contribution in [0.15, 0.2) is 0 Å². The number of imide groups is 1. The van der Waals surface area contributed by atoms with Gasteiger partial charge in [-0.1, -0.05) is 120 Å². The molecule has 3 atom stereocenters. The second kappa shape index (κ2) is 60.6. The van der Waals surface area contributed by atoms with Crippen LogP contribution in [0, 0.1) is 5.92 Å². The van der Waals surface area contributed by atoms with Gasteiger partial charge in [-0.3, -0.25) is 24.1 Å². The molecule has 0 spiro atoms. The van der Waals surface area contributed by atoms with E-state index in [-0.39, 0.29) is 72.4 Å². The highest BCUT2D eigenvalue weighted by Crippen LogP contribution is 2.22. The first-order valence-corrected chi connectivity index (χ1v) is 32.6. The molecule has 3 unspecified atom stereocenters. The van der Waals surface area contributed by atoms with Crippen LogP contribution in [0.1, 0.15) is 232 Å². The second-order valence-corrected chi connectivity index (χ2v) is 24.9. The smallest absolute Gasteiger partial charge is 0.288 e. The Hall–Kier alpha value is -1.73. The van der Waals surface area contributed by atoms with Crippen molar-refractivity contribution < 1.29 is 33.4 Å². The van der Waals surface area contributed by atoms with E-state index < -0.39 is 0 Å². The largest absolute Gasteiger partial charge is 0.379 e. The average Bonchev–Trinajstić information content (AvgIpc) is 4.18. The van der Waals surface area contributed by atoms with Crippen LogP contribution in [0.3, 0.4) is 0 Å². The van der Waals surface area contributed by atoms with Crippen LogP contribution >= 0.6 is 11.8 Å². The van der Waals surface area contributed by atoms with Crippen LogP contribution in [-0.4, -0.2) is 235 Å². The molecule has 0 bridgehead atoms. The Morgan fingerprint density at radius 3 is 0.843 bits per heavy atom. The highest BCUT2D eigenvalue weighted by molar-refractivity contribution is 8.14. The minimum Gasteiger partial charge on any atom is -0.379 e. The Kier molecular flexibility index (Phi) is 65.7. The van der Waals surface area contributed by atoms with Gasteiger partial charge >= 0.3 is 0 Å². The number of nitrogens with one attached hydrogen (secondary N) is 1. The van der Waals surface area contributed by atoms with Crippen molar-refractivity contribution in [2.45, 2.75) is 250 Å². The maximum atomic E-state index is 10.5. The predicted molar refractivity (Wildman–Crippen MR) is 363 cm³/mol. The van der Waals surface area contributed by atoms with Crippen molar-refractivity contribution in [2.75, 3.05) is 160 Å². The summed E-state index contributed by atoms with van der Waals surface area (Å²) >= 11 is 1.05. The number of hydrogen-bond donors (Lipinski definition) is 1. The summed E-state index contributed by atoms with van der Waals surface area (Å²) in [6.45, 7) is 27.3. The van der Waals surface area contributed by atoms with E-state index in [1.165, 1.54) is 246 Å². The number of amides is 3. The topological polar surface area (TPSA) is 131 Å². The zero-order valence-corrected chi connectivity index (χ0v) is 53.4. The van der Waals surface area contributed by atoms with Gasteiger partial charge in [0.1, 0.15) is 0 Å². The molecule has 10 saturated heterocycles. The van der Waals surface area contributed by atoms with Crippen molar-refractivity contribution in [3.63, 3.8) is 0 Å². The van der Waals surface area contributed by atoms with Crippen molar-refractivity contribution in [3.05, 3.63) is 0 Å². The molecule has 16 heteroatoms. The molecule has 0 aromatic heterocycles. The second-order valence-electron chi connectivity index (χ2n) is 23.9. The summed E-state index contributed by atoms with van der Waals surface area (Å²) in [6.07, 6.45) is 36.5. The van der Waals surface area contributed by atoms with Gasteiger partial charge in [-0.05, 0) is 244 Å². The number of hydrogen-bond acceptors (Lipinski definition) is 14. The molecule has 0 aromatic rings. The van der Waals surface area contributed by atoms with Gasteiger partial charge in [0.05, 0.1) is 50.2 Å². The molecule has 11 rings (SSSR count). The number of likely N-dealkylation sites (tertiary alicyclic amines) is 6. The molecule has 500 valence electrons. The molecule has 83 heavy (non-hydrogen) atoms. The van der Waals surface area contributed by atoms with E-state index in [9.17, 15) is 19.2 Å². The summed E-state index contributed by atoms with van der Waals surface area (Å²) in [6, 6.07) is -0.248. The molecule has 3 amide bonds. The maximum absolute atomic E-state index is 10.5. The highest BCUT2D eigenvalue weighted by atomic mass is 32.2. The molecular formula is C67H144N8O7S. The third-order valence-electron chi connectivity index (χ3n) is 15.7. The van der Waals surface area contributed by atoms with Crippen LogP contribution in [0.25, 0.3) is 0 Å². The van der Waals surface area contributed by atoms with E-state index in [1.807, 2.05) is 6.92 Å². The van der Waals surface area contributed by atoms with Crippen molar-refractivity contribution in [3.8, 4) is 0 Å². The van der Waals surface area contributed by atoms with Gasteiger partial charge in [0.15, 0.2) is 5.78 Å². The van der Waals surface area contributed by atoms with Crippen molar-refractivity contribution >= 4 is 34.6 Å². The van der Waals surface area contributed by atoms with Gasteiger partial charge in [-0.2, -0.15) is 0 Å². The first kappa shape index (κ1) is 90.0. The van der Waals surface area contributed by atoms with Crippen molar-refractivity contribution in [1.82, 2.24) is 39.6 Å². The summed E-state index contributed by atoms with van der Waals surface area (Å²) in [5, 5.41) is 2.33. The Balaban J connectivity index is -0.000000267. The lowest BCUT2D eigenvalue weighted by atomic mass is 9.91. The molecule has 10 aliphatic heterocycles. The van der Waals surface area contributed by atoms with Crippen LogP contribution in [0.5, 0.6) is 0 Å². The van der Waals surface area contributed by atoms with E-state index >= 15 is 0 Å². The lowest BCUT2D eigenvalue weighted by Crippen LogP contribution is -2.25. The Morgan fingerprint density at radius 2 is 0.723 bits per heavy atom. The third kappa shape index (κ3) is 55.3. The Bertz CT molecular complexity index is 1210. The minimum atomic E-state index is -0.248. The standard InChI is InChI=1S/C7H14.5C6H13N.C6H12O.C5H7NO2.C5H11N.C5H10O2.C4H5NO2S.5CH4/c6*1-7-5-3-2-4-6-7;1-6-4-2-3-5-7-6;1-3-4(7)2-5(8)6-3;1-6-4-2-3-5-6;1-5-4-6-2-3-7-5;1-5-3(6)2-8-4(5)7;;;;;/h7H,2-6H2,1H3;5*2-6H2,1H3;6H,2-5H2,1H3;3H,2H2,1H3,(H,6,8);2-5H2,1H3;5H,2-4H2,1H3;2H2,1H3;5*1H4. The van der Waals surface area contributed by atoms with Gasteiger partial charge in [0.2, 0.25) is 11.8 Å². The Labute approximate surface area is 521 Å². The predicted octanol–water partition coefficient (Wildman–Crippen LogP) is 13.8. The summed E-state index contributed by atoms with van der Waals surface area (Å²) < 4.78 is 15.5. The zero-order chi connectivity index (χ0) is 57.6. The lowest BCUT2D eigenvalue weighted by Gasteiger charge is -2.20. The SMILES string of the molecule is C.C.C.C.C.CC1CCCCC1.CC1CCCCO1.CC1COCCO1.CC1NC(=O)CC1=O.CN1C(=O)CSC1=O.CN1CCCC1.CN1CCCCC1.CN1CCCCC1.CN1CCCCC1.CN1CCCCC1.CN1CCCCC1. The lowest BCUT2D eigenvalue weighted by molar-refractivity contribution is -0.124. The van der Waals surface area contributed by atoms with Crippen LogP contribution < -0.4 is 5.32 Å². The van der Waals surface area contributed by atoms with E-state index in [1.54, 1.807) is 6.92 Å². The average molecular weight is 1210 g/mol. The number of piperidine rings is 5. The molecule has 15 nitrogen and oxygen atoms in total. The monoisotopic (exact) mass is 1210 g/mol. The van der Waals surface area contributed by atoms with E-state index in [0.29, 0.717) is 18.0 Å². The summed E-state index contributed by atoms with van der Waals surface area (Å²) in [5.41, 5.74) is 0. The van der Waals surface area contributed by atoms with Gasteiger partial charge in [-0.15, -0.1) is 0 Å². The fraction of sp³-hybridized carbons (Fsp3) is 0.940. The fourth-order valence-corrected chi connectivity index (χ4v) is 10.8. The van der Waals surface area contributed by atoms with E-state index in [2.05, 4.69) is 90.8 Å². The number of carbonyl (C=O) groups is 4. The third-order valence-corrected chi connectivity index (χ3v) is 16.6. The number of Topliss-reactive ketones (excluding diaryl/α,β-unsaturated/α-hetero) is 1. The number of carbonyl (C=O) groups excluding carboxylic acids is 4. The molecule has 0 radical (unpaired) electrons. The number of thioether (sulfide) groups is 1. The first-order chi connectivity index (χ1) is 37.5. The van der Waals surface area contributed by atoms with Gasteiger partial charge < -0.3 is 48.9 Å². The fourth-order valence-electron chi connectivity index (χ4n) is 10.1. The molecule has 10 heterocycles. The number of ketones is 1. The molecule has 0 aromatic carbocycles. The quantitative estimate of drug-likeness (QED) is 0.231. The summed E-state index contributed by atoms with van der Waals surface area (Å²) in [5.74, 6) is 1.10. The van der Waals surface area contributed by atoms with Crippen molar-refractivity contribution in [1.29, 1.82) is 0 Å². The molecule has 11 aliphatic rings. The Morgan fingerprint density at radius 1 is 0.398 bits per heavy atom. The molecular weight excluding hydrogens is 1060 g/mol. The highest BCUT2D eigenvalue weighted by Gasteiger charge is 2.26. The van der Waals surface area contributed by atoms with E-state index in [0.717, 1.165) is 49.0 Å². The molecule has 1 aliphatic carbocycles. The van der Waals surface area contributed by atoms with Crippen LogP contribution in [-0.2, 0) is 28.6 Å². The molecule has 1 N–H and O–H groups in total. The summed E-state index contributed by atoms with van der Waals surface area (Å²) in [4.78, 5) is 57.2. The number of nitrogens with zero attached hydrogens (tertiary/aromatic N) is 7. The van der Waals surface area contributed by atoms with Gasteiger partial charge in [-0.25, -0.2) is 0 Å². The maximum Gasteiger partial charge on any atom is 0.288 e. The first-order valence-electron chi connectivity index (χ1n) is 31.6. The normalized spacial score (nSPS) is 24.9. The van der Waals surface area contributed by atoms with Crippen LogP contribution in [0.4, 0.5) is 4.79 Å². The van der Waals surface area contributed by atoms with Crippen molar-refractivity contribution in [2.24, 2.45) is 5.92 Å². The summed E-state index contributed by atoms with van der Waals surface area (Å²) in [7, 11) is 14.6. The molecule has 11 fully saturated rings. The zero-order valence-electron chi connectivity index (χ0n) is 52.6. The molecule has 1 saturated carbocycles. The number of ether oxygens (including phenoxy) is 3. The number of rotatable bonds is 0. The van der Waals surface area contributed by atoms with Gasteiger partial charge in [0, 0.05) is 13.7 Å². The van der Waals surface area contributed by atoms with Crippen LogP contribution in [0.2, 0.25) is 0 Å². The van der Waals surface area contributed by atoms with Gasteiger partial charge in [0.25, 0.3) is 5.24 Å². The van der Waals surface area contributed by atoms with E-state index in [4.69, 9.17) is 14.2 Å².